The predicted octanol–water partition coefficient (Wildman–Crippen LogP) is 5.85. The van der Waals surface area contributed by atoms with Crippen molar-refractivity contribution in [3.8, 4) is 0 Å². The zero-order valence-corrected chi connectivity index (χ0v) is 16.9. The Balaban J connectivity index is 1.46. The Morgan fingerprint density at radius 1 is 1.11 bits per heavy atom. The number of nitrogens with one attached hydrogen (secondary N) is 1. The van der Waals surface area contributed by atoms with Gasteiger partial charge in [-0.25, -0.2) is 9.97 Å². The molecule has 0 amide bonds. The molecule has 4 nitrogen and oxygen atoms in total. The highest BCUT2D eigenvalue weighted by Gasteiger charge is 2.19. The smallest absolute Gasteiger partial charge is 0.125 e. The first kappa shape index (κ1) is 17.1. The summed E-state index contributed by atoms with van der Waals surface area (Å²) in [5.74, 6) is 0.661. The minimum absolute atomic E-state index is 0.661. The second-order valence-electron chi connectivity index (χ2n) is 7.32. The highest BCUT2D eigenvalue weighted by atomic mass is 32.1. The van der Waals surface area contributed by atoms with Crippen LogP contribution in [0.1, 0.15) is 30.1 Å². The Kier molecular flexibility index (Phi) is 4.55. The van der Waals surface area contributed by atoms with Crippen LogP contribution in [0.15, 0.2) is 42.0 Å². The number of pyridine rings is 1. The molecule has 1 aromatic carbocycles. The molecule has 3 aromatic heterocycles. The number of thiazole rings is 1. The number of benzene rings is 1. The van der Waals surface area contributed by atoms with Crippen molar-refractivity contribution in [3.63, 3.8) is 0 Å². The molecule has 1 saturated heterocycles. The molecular formula is C21H22N4S2. The Bertz CT molecular complexity index is 1080. The molecular weight excluding hydrogens is 372 g/mol. The molecule has 1 aliphatic heterocycles. The average Bonchev–Trinajstić information content (AvgIpc) is 3.26. The van der Waals surface area contributed by atoms with Crippen molar-refractivity contribution in [1.29, 1.82) is 0 Å². The largest absolute Gasteiger partial charge is 0.355 e. The first-order valence-corrected chi connectivity index (χ1v) is 11.1. The second-order valence-corrected chi connectivity index (χ2v) is 9.27. The van der Waals surface area contributed by atoms with Gasteiger partial charge in [0.25, 0.3) is 0 Å². The van der Waals surface area contributed by atoms with Crippen molar-refractivity contribution in [3.05, 3.63) is 46.9 Å². The highest BCUT2D eigenvalue weighted by Crippen LogP contribution is 2.38. The number of nitrogens with zero attached hydrogens (tertiary/aromatic N) is 3. The Morgan fingerprint density at radius 2 is 2.07 bits per heavy atom. The van der Waals surface area contributed by atoms with Gasteiger partial charge in [-0.3, -0.25) is 0 Å². The zero-order chi connectivity index (χ0) is 18.2. The van der Waals surface area contributed by atoms with E-state index in [2.05, 4.69) is 57.6 Å². The van der Waals surface area contributed by atoms with Crippen molar-refractivity contribution in [2.24, 2.45) is 0 Å². The van der Waals surface area contributed by atoms with Crippen LogP contribution in [0.3, 0.4) is 0 Å². The summed E-state index contributed by atoms with van der Waals surface area (Å²) in [6.07, 6.45) is 5.71. The topological polar surface area (TPSA) is 41.0 Å². The fraction of sp³-hybridized carbons (Fsp3) is 0.333. The van der Waals surface area contributed by atoms with Gasteiger partial charge in [-0.05, 0) is 75.6 Å². The van der Waals surface area contributed by atoms with Gasteiger partial charge in [0, 0.05) is 22.1 Å². The maximum Gasteiger partial charge on any atom is 0.125 e. The summed E-state index contributed by atoms with van der Waals surface area (Å²) in [7, 11) is 2.23. The van der Waals surface area contributed by atoms with Crippen LogP contribution in [0.2, 0.25) is 0 Å². The quantitative estimate of drug-likeness (QED) is 0.473. The number of hydrogen-bond donors (Lipinski definition) is 1. The minimum Gasteiger partial charge on any atom is -0.355 e. The number of aromatic nitrogens is 2. The zero-order valence-electron chi connectivity index (χ0n) is 15.3. The molecule has 0 bridgehead atoms. The second kappa shape index (κ2) is 7.19. The van der Waals surface area contributed by atoms with Crippen molar-refractivity contribution in [2.75, 3.05) is 25.5 Å². The van der Waals surface area contributed by atoms with Crippen LogP contribution < -0.4 is 5.32 Å². The van der Waals surface area contributed by atoms with E-state index in [-0.39, 0.29) is 0 Å². The molecule has 4 aromatic rings. The van der Waals surface area contributed by atoms with Gasteiger partial charge in [0.15, 0.2) is 0 Å². The van der Waals surface area contributed by atoms with E-state index in [0.717, 1.165) is 21.7 Å². The summed E-state index contributed by atoms with van der Waals surface area (Å²) < 4.78 is 1.22. The van der Waals surface area contributed by atoms with Gasteiger partial charge in [0.2, 0.25) is 0 Å². The first-order chi connectivity index (χ1) is 13.3. The van der Waals surface area contributed by atoms with Gasteiger partial charge in [-0.1, -0.05) is 0 Å². The van der Waals surface area contributed by atoms with E-state index >= 15 is 0 Å². The van der Waals surface area contributed by atoms with Gasteiger partial charge >= 0.3 is 0 Å². The summed E-state index contributed by atoms with van der Waals surface area (Å²) in [6.45, 7) is 2.40. The number of thiophene rings is 1. The fourth-order valence-electron chi connectivity index (χ4n) is 3.88. The van der Waals surface area contributed by atoms with E-state index in [1.54, 1.807) is 11.3 Å². The molecule has 0 unspecified atom stereocenters. The van der Waals surface area contributed by atoms with Crippen LogP contribution in [-0.4, -0.2) is 35.0 Å². The SMILES string of the molecule is CN1CCC[C@H](c2cc3c(Nc4ccc5scnc5c4)ccnc3s2)CC1. The van der Waals surface area contributed by atoms with E-state index < -0.39 is 0 Å². The van der Waals surface area contributed by atoms with Crippen LogP contribution in [0.5, 0.6) is 0 Å². The summed E-state index contributed by atoms with van der Waals surface area (Å²) in [4.78, 5) is 14.1. The molecule has 1 fully saturated rings. The third-order valence-electron chi connectivity index (χ3n) is 5.42. The Morgan fingerprint density at radius 3 is 3.04 bits per heavy atom. The third-order valence-corrected chi connectivity index (χ3v) is 7.43. The fourth-order valence-corrected chi connectivity index (χ4v) is 5.74. The van der Waals surface area contributed by atoms with Crippen molar-refractivity contribution in [1.82, 2.24) is 14.9 Å². The monoisotopic (exact) mass is 394 g/mol. The highest BCUT2D eigenvalue weighted by molar-refractivity contribution is 7.18. The van der Waals surface area contributed by atoms with Crippen LogP contribution >= 0.6 is 22.7 Å². The molecule has 6 heteroatoms. The van der Waals surface area contributed by atoms with Crippen molar-refractivity contribution >= 4 is 54.5 Å². The summed E-state index contributed by atoms with van der Waals surface area (Å²) in [6, 6.07) is 10.8. The van der Waals surface area contributed by atoms with Crippen molar-refractivity contribution in [2.45, 2.75) is 25.2 Å². The van der Waals surface area contributed by atoms with E-state index in [0.29, 0.717) is 5.92 Å². The number of fused-ring (bicyclic) bond motifs is 2. The van der Waals surface area contributed by atoms with Crippen LogP contribution in [0, 0.1) is 0 Å². The molecule has 138 valence electrons. The maximum absolute atomic E-state index is 4.64. The molecule has 0 spiro atoms. The van der Waals surface area contributed by atoms with Gasteiger partial charge in [-0.2, -0.15) is 0 Å². The van der Waals surface area contributed by atoms with Gasteiger partial charge in [-0.15, -0.1) is 22.7 Å². The number of rotatable bonds is 3. The standard InChI is InChI=1S/C21H22N4S2/c1-25-9-2-3-14(7-10-25)20-12-16-17(6-8-22-21(16)27-20)24-15-4-5-19-18(11-15)23-13-26-19/h4-6,8,11-14H,2-3,7,9-10H2,1H3,(H,22,24)/t14-/m0/s1. The van der Waals surface area contributed by atoms with Gasteiger partial charge in [0.05, 0.1) is 21.4 Å². The van der Waals surface area contributed by atoms with Crippen LogP contribution in [0.4, 0.5) is 11.4 Å². The first-order valence-electron chi connectivity index (χ1n) is 9.43. The number of anilines is 2. The maximum atomic E-state index is 4.64. The molecule has 1 N–H and O–H groups in total. The summed E-state index contributed by atoms with van der Waals surface area (Å²) in [5, 5.41) is 4.82. The molecule has 27 heavy (non-hydrogen) atoms. The van der Waals surface area contributed by atoms with Gasteiger partial charge in [0.1, 0.15) is 4.83 Å². The average molecular weight is 395 g/mol. The van der Waals surface area contributed by atoms with Crippen molar-refractivity contribution < 1.29 is 0 Å². The molecule has 1 atom stereocenters. The lowest BCUT2D eigenvalue weighted by Crippen LogP contribution is -2.18. The lowest BCUT2D eigenvalue weighted by molar-refractivity contribution is 0.347. The molecule has 1 aliphatic rings. The van der Waals surface area contributed by atoms with E-state index in [1.165, 1.54) is 47.3 Å². The van der Waals surface area contributed by atoms with E-state index in [4.69, 9.17) is 0 Å². The summed E-state index contributed by atoms with van der Waals surface area (Å²) >= 11 is 3.54. The molecule has 4 heterocycles. The predicted molar refractivity (Wildman–Crippen MR) is 117 cm³/mol. The molecule has 0 aliphatic carbocycles. The molecule has 0 radical (unpaired) electrons. The van der Waals surface area contributed by atoms with E-state index in [1.807, 2.05) is 23.0 Å². The third kappa shape index (κ3) is 3.45. The molecule has 0 saturated carbocycles. The normalized spacial score (nSPS) is 18.8. The Labute approximate surface area is 166 Å². The minimum atomic E-state index is 0.661. The summed E-state index contributed by atoms with van der Waals surface area (Å²) in [5.41, 5.74) is 5.14. The number of hydrogen-bond acceptors (Lipinski definition) is 6. The lowest BCUT2D eigenvalue weighted by atomic mass is 9.98. The Hall–Kier alpha value is -2.02. The van der Waals surface area contributed by atoms with E-state index in [9.17, 15) is 0 Å². The van der Waals surface area contributed by atoms with Crippen LogP contribution in [-0.2, 0) is 0 Å². The van der Waals surface area contributed by atoms with Gasteiger partial charge < -0.3 is 10.2 Å². The number of likely N-dealkylation sites (tertiary alicyclic amines) is 1. The molecule has 5 rings (SSSR count). The lowest BCUT2D eigenvalue weighted by Gasteiger charge is -2.13. The van der Waals surface area contributed by atoms with Crippen LogP contribution in [0.25, 0.3) is 20.4 Å².